The van der Waals surface area contributed by atoms with Crippen molar-refractivity contribution in [1.29, 1.82) is 5.26 Å². The van der Waals surface area contributed by atoms with Gasteiger partial charge in [-0.1, -0.05) is 18.2 Å². The van der Waals surface area contributed by atoms with Crippen LogP contribution in [0.1, 0.15) is 16.7 Å². The number of nitrogen functional groups attached to an aromatic ring is 1. The highest BCUT2D eigenvalue weighted by atomic mass is 32.2. The van der Waals surface area contributed by atoms with E-state index in [1.165, 1.54) is 6.07 Å². The molecule has 5 nitrogen and oxygen atoms in total. The zero-order valence-corrected chi connectivity index (χ0v) is 12.5. The number of sulfonamides is 1. The van der Waals surface area contributed by atoms with Gasteiger partial charge in [-0.05, 0) is 43.2 Å². The molecule has 2 rings (SSSR count). The van der Waals surface area contributed by atoms with Crippen LogP contribution in [0.4, 0.5) is 11.4 Å². The van der Waals surface area contributed by atoms with E-state index in [2.05, 4.69) is 4.72 Å². The topological polar surface area (TPSA) is 96.0 Å². The zero-order valence-electron chi connectivity index (χ0n) is 11.7. The summed E-state index contributed by atoms with van der Waals surface area (Å²) in [5.74, 6) is 0. The van der Waals surface area contributed by atoms with Gasteiger partial charge in [-0.15, -0.1) is 0 Å². The summed E-state index contributed by atoms with van der Waals surface area (Å²) in [5, 5.41) is 8.91. The molecule has 0 heterocycles. The minimum absolute atomic E-state index is 0.0733. The molecule has 0 aliphatic rings. The highest BCUT2D eigenvalue weighted by Gasteiger charge is 2.19. The van der Waals surface area contributed by atoms with E-state index in [-0.39, 0.29) is 4.90 Å². The van der Waals surface area contributed by atoms with Gasteiger partial charge in [0, 0.05) is 0 Å². The lowest BCUT2D eigenvalue weighted by Gasteiger charge is -2.14. The molecule has 0 saturated heterocycles. The van der Waals surface area contributed by atoms with Crippen LogP contribution in [0.15, 0.2) is 41.3 Å². The molecule has 21 heavy (non-hydrogen) atoms. The lowest BCUT2D eigenvalue weighted by atomic mass is 10.2. The van der Waals surface area contributed by atoms with Crippen LogP contribution in [0.2, 0.25) is 0 Å². The van der Waals surface area contributed by atoms with Crippen LogP contribution in [0.5, 0.6) is 0 Å². The number of para-hydroxylation sites is 1. The van der Waals surface area contributed by atoms with Crippen molar-refractivity contribution < 1.29 is 8.42 Å². The van der Waals surface area contributed by atoms with E-state index >= 15 is 0 Å². The first kappa shape index (κ1) is 14.9. The Labute approximate surface area is 124 Å². The Morgan fingerprint density at radius 3 is 2.48 bits per heavy atom. The predicted molar refractivity (Wildman–Crippen MR) is 82.3 cm³/mol. The molecule has 0 aliphatic carbocycles. The average molecular weight is 301 g/mol. The number of hydrogen-bond acceptors (Lipinski definition) is 4. The third-order valence-electron chi connectivity index (χ3n) is 3.15. The SMILES string of the molecule is Cc1ccc(C#N)cc1S(=O)(=O)Nc1c(C)cccc1N. The van der Waals surface area contributed by atoms with Gasteiger partial charge in [-0.2, -0.15) is 5.26 Å². The first-order valence-electron chi connectivity index (χ1n) is 6.24. The number of rotatable bonds is 3. The number of nitrogens with two attached hydrogens (primary N) is 1. The second kappa shape index (κ2) is 5.46. The minimum Gasteiger partial charge on any atom is -0.397 e. The molecule has 0 aliphatic heterocycles. The van der Waals surface area contributed by atoms with Gasteiger partial charge >= 0.3 is 0 Å². The smallest absolute Gasteiger partial charge is 0.262 e. The van der Waals surface area contributed by atoms with Gasteiger partial charge in [0.05, 0.1) is 27.9 Å². The van der Waals surface area contributed by atoms with E-state index < -0.39 is 10.0 Å². The molecule has 0 amide bonds. The van der Waals surface area contributed by atoms with Gasteiger partial charge in [0.1, 0.15) is 0 Å². The zero-order chi connectivity index (χ0) is 15.6. The van der Waals surface area contributed by atoms with Crippen LogP contribution in [0.3, 0.4) is 0 Å². The molecule has 0 bridgehead atoms. The number of hydrogen-bond donors (Lipinski definition) is 2. The maximum absolute atomic E-state index is 12.5. The number of anilines is 2. The highest BCUT2D eigenvalue weighted by Crippen LogP contribution is 2.27. The van der Waals surface area contributed by atoms with E-state index in [1.54, 1.807) is 44.2 Å². The second-order valence-electron chi connectivity index (χ2n) is 4.74. The Morgan fingerprint density at radius 1 is 1.14 bits per heavy atom. The Balaban J connectivity index is 2.51. The summed E-state index contributed by atoms with van der Waals surface area (Å²) >= 11 is 0. The maximum Gasteiger partial charge on any atom is 0.262 e. The standard InChI is InChI=1S/C15H15N3O2S/c1-10-6-7-12(9-16)8-14(10)21(19,20)18-15-11(2)4-3-5-13(15)17/h3-8,18H,17H2,1-2H3. The fourth-order valence-corrected chi connectivity index (χ4v) is 3.41. The Kier molecular flexibility index (Phi) is 3.87. The van der Waals surface area contributed by atoms with Gasteiger partial charge in [-0.25, -0.2) is 8.42 Å². The van der Waals surface area contributed by atoms with E-state index in [0.29, 0.717) is 22.5 Å². The molecule has 0 spiro atoms. The quantitative estimate of drug-likeness (QED) is 0.851. The Morgan fingerprint density at radius 2 is 1.86 bits per heavy atom. The van der Waals surface area contributed by atoms with Crippen molar-refractivity contribution in [3.05, 3.63) is 53.1 Å². The van der Waals surface area contributed by atoms with Gasteiger partial charge in [0.15, 0.2) is 0 Å². The maximum atomic E-state index is 12.5. The summed E-state index contributed by atoms with van der Waals surface area (Å²) in [6, 6.07) is 11.6. The van der Waals surface area contributed by atoms with Crippen LogP contribution < -0.4 is 10.5 Å². The number of nitrogens with one attached hydrogen (secondary N) is 1. The van der Waals surface area contributed by atoms with Crippen molar-refractivity contribution >= 4 is 21.4 Å². The van der Waals surface area contributed by atoms with Crippen molar-refractivity contribution in [2.75, 3.05) is 10.5 Å². The molecule has 6 heteroatoms. The van der Waals surface area contributed by atoms with Gasteiger partial charge in [0.2, 0.25) is 0 Å². The second-order valence-corrected chi connectivity index (χ2v) is 6.39. The van der Waals surface area contributed by atoms with Crippen molar-refractivity contribution in [1.82, 2.24) is 0 Å². The lowest BCUT2D eigenvalue weighted by molar-refractivity contribution is 0.600. The van der Waals surface area contributed by atoms with Crippen LogP contribution in [0.25, 0.3) is 0 Å². The fourth-order valence-electron chi connectivity index (χ4n) is 1.98. The molecular weight excluding hydrogens is 286 g/mol. The molecule has 0 radical (unpaired) electrons. The minimum atomic E-state index is -3.80. The van der Waals surface area contributed by atoms with Gasteiger partial charge in [-0.3, -0.25) is 4.72 Å². The Bertz CT molecular complexity index is 816. The molecule has 0 aromatic heterocycles. The van der Waals surface area contributed by atoms with Crippen molar-refractivity contribution in [3.8, 4) is 6.07 Å². The molecule has 0 fully saturated rings. The molecule has 2 aromatic rings. The van der Waals surface area contributed by atoms with E-state index in [9.17, 15) is 8.42 Å². The van der Waals surface area contributed by atoms with E-state index in [1.807, 2.05) is 6.07 Å². The van der Waals surface area contributed by atoms with Crippen LogP contribution in [0, 0.1) is 25.2 Å². The van der Waals surface area contributed by atoms with Gasteiger partial charge in [0.25, 0.3) is 10.0 Å². The normalized spacial score (nSPS) is 10.9. The summed E-state index contributed by atoms with van der Waals surface area (Å²) in [4.78, 5) is 0.0733. The van der Waals surface area contributed by atoms with Crippen molar-refractivity contribution in [2.24, 2.45) is 0 Å². The van der Waals surface area contributed by atoms with Crippen molar-refractivity contribution in [3.63, 3.8) is 0 Å². The van der Waals surface area contributed by atoms with Gasteiger partial charge < -0.3 is 5.73 Å². The molecule has 0 atom stereocenters. The first-order valence-corrected chi connectivity index (χ1v) is 7.72. The molecule has 3 N–H and O–H groups in total. The predicted octanol–water partition coefficient (Wildman–Crippen LogP) is 2.56. The summed E-state index contributed by atoms with van der Waals surface area (Å²) < 4.78 is 27.5. The third-order valence-corrected chi connectivity index (χ3v) is 4.64. The van der Waals surface area contributed by atoms with Crippen LogP contribution in [-0.2, 0) is 10.0 Å². The Hall–Kier alpha value is -2.52. The monoisotopic (exact) mass is 301 g/mol. The lowest BCUT2D eigenvalue weighted by Crippen LogP contribution is -2.16. The summed E-state index contributed by atoms with van der Waals surface area (Å²) in [6.45, 7) is 3.45. The molecule has 0 unspecified atom stereocenters. The molecule has 0 saturated carbocycles. The molecular formula is C15H15N3O2S. The fraction of sp³-hybridized carbons (Fsp3) is 0.133. The van der Waals surface area contributed by atoms with Crippen LogP contribution >= 0.6 is 0 Å². The summed E-state index contributed by atoms with van der Waals surface area (Å²) in [6.07, 6.45) is 0. The van der Waals surface area contributed by atoms with Crippen molar-refractivity contribution in [2.45, 2.75) is 18.7 Å². The molecule has 2 aromatic carbocycles. The molecule has 108 valence electrons. The largest absolute Gasteiger partial charge is 0.397 e. The highest BCUT2D eigenvalue weighted by molar-refractivity contribution is 7.92. The summed E-state index contributed by atoms with van der Waals surface area (Å²) in [5.41, 5.74) is 8.12. The number of benzene rings is 2. The number of nitriles is 1. The van der Waals surface area contributed by atoms with Crippen LogP contribution in [-0.4, -0.2) is 8.42 Å². The number of aryl methyl sites for hydroxylation is 2. The average Bonchev–Trinajstić information content (AvgIpc) is 2.43. The number of nitrogens with zero attached hydrogens (tertiary/aromatic N) is 1. The third kappa shape index (κ3) is 2.98. The van der Waals surface area contributed by atoms with E-state index in [0.717, 1.165) is 5.56 Å². The van der Waals surface area contributed by atoms with E-state index in [4.69, 9.17) is 11.0 Å². The first-order chi connectivity index (χ1) is 9.85. The summed E-state index contributed by atoms with van der Waals surface area (Å²) in [7, 11) is -3.80.